The molecule has 0 spiro atoms. The molecule has 3 rings (SSSR count). The maximum absolute atomic E-state index is 13.9. The lowest BCUT2D eigenvalue weighted by molar-refractivity contribution is -0.140. The highest BCUT2D eigenvalue weighted by Crippen LogP contribution is 2.20. The molecule has 17 heteroatoms. The number of hydrogen-bond donors (Lipinski definition) is 7. The fraction of sp³-hybridized carbons (Fsp3) is 0.561. The number of carboxylic acid groups (broad SMARTS) is 3. The second-order valence-electron chi connectivity index (χ2n) is 14.7. The number of aldehydes is 1. The smallest absolute Gasteiger partial charge is 0.317 e. The van der Waals surface area contributed by atoms with Crippen LogP contribution in [-0.2, 0) is 35.2 Å². The normalized spacial score (nSPS) is 16.9. The number of nitrogens with one attached hydrogen (secondary N) is 3. The Hall–Kier alpha value is -4.78. The summed E-state index contributed by atoms with van der Waals surface area (Å²) in [7, 11) is 0. The molecule has 0 saturated carbocycles. The van der Waals surface area contributed by atoms with E-state index in [1.54, 1.807) is 19.6 Å². The number of benzene rings is 2. The first-order valence-electron chi connectivity index (χ1n) is 20.1. The second kappa shape index (κ2) is 26.3. The van der Waals surface area contributed by atoms with Gasteiger partial charge in [-0.15, -0.1) is 0 Å². The molecule has 58 heavy (non-hydrogen) atoms. The van der Waals surface area contributed by atoms with E-state index in [4.69, 9.17) is 5.73 Å². The van der Waals surface area contributed by atoms with Crippen molar-refractivity contribution in [2.75, 3.05) is 85.1 Å². The average molecular weight is 811 g/mol. The zero-order chi connectivity index (χ0) is 42.3. The molecule has 2 amide bonds. The molecule has 3 atom stereocenters. The molecule has 1 saturated heterocycles. The van der Waals surface area contributed by atoms with E-state index in [0.717, 1.165) is 36.0 Å². The van der Waals surface area contributed by atoms with Crippen molar-refractivity contribution in [1.82, 2.24) is 35.6 Å². The summed E-state index contributed by atoms with van der Waals surface area (Å²) >= 11 is 0. The summed E-state index contributed by atoms with van der Waals surface area (Å²) in [6.07, 6.45) is 3.61. The molecule has 320 valence electrons. The van der Waals surface area contributed by atoms with E-state index in [-0.39, 0.29) is 96.8 Å². The monoisotopic (exact) mass is 810 g/mol. The molecular weight excluding hydrogens is 748 g/mol. The van der Waals surface area contributed by atoms with Gasteiger partial charge < -0.3 is 36.5 Å². The first kappa shape index (κ1) is 47.6. The number of nitrogens with two attached hydrogens (primary N) is 1. The van der Waals surface area contributed by atoms with Crippen LogP contribution in [0.5, 0.6) is 0 Å². The summed E-state index contributed by atoms with van der Waals surface area (Å²) in [6.45, 7) is 3.64. The van der Waals surface area contributed by atoms with E-state index >= 15 is 0 Å². The van der Waals surface area contributed by atoms with Gasteiger partial charge in [0.15, 0.2) is 6.29 Å². The van der Waals surface area contributed by atoms with Gasteiger partial charge in [0.1, 0.15) is 6.17 Å². The first-order chi connectivity index (χ1) is 27.9. The van der Waals surface area contributed by atoms with Crippen molar-refractivity contribution in [3.05, 3.63) is 60.2 Å². The Morgan fingerprint density at radius 1 is 0.672 bits per heavy atom. The van der Waals surface area contributed by atoms with Crippen LogP contribution in [0.3, 0.4) is 0 Å². The number of nitrogens with zero attached hydrogens (tertiary/aromatic N) is 4. The van der Waals surface area contributed by atoms with Crippen molar-refractivity contribution in [1.29, 1.82) is 0 Å². The van der Waals surface area contributed by atoms with E-state index in [0.29, 0.717) is 25.7 Å². The highest BCUT2D eigenvalue weighted by atomic mass is 16.4. The Kier molecular flexibility index (Phi) is 21.6. The fourth-order valence-electron chi connectivity index (χ4n) is 6.75. The summed E-state index contributed by atoms with van der Waals surface area (Å²) in [4.78, 5) is 81.1. The summed E-state index contributed by atoms with van der Waals surface area (Å²) in [6, 6.07) is 16.0. The average Bonchev–Trinajstić information content (AvgIpc) is 3.19. The lowest BCUT2D eigenvalue weighted by atomic mass is 10.00. The van der Waals surface area contributed by atoms with Crippen molar-refractivity contribution < 1.29 is 44.1 Å². The third-order valence-electron chi connectivity index (χ3n) is 10.1. The molecule has 1 fully saturated rings. The number of aliphatic carboxylic acids is 3. The minimum absolute atomic E-state index is 0.183. The Morgan fingerprint density at radius 3 is 1.66 bits per heavy atom. The first-order valence-corrected chi connectivity index (χ1v) is 20.1. The number of carbonyl (C=O) groups excluding carboxylic acids is 3. The molecule has 0 bridgehead atoms. The highest BCUT2D eigenvalue weighted by Gasteiger charge is 2.28. The predicted molar refractivity (Wildman–Crippen MR) is 219 cm³/mol. The molecule has 1 heterocycles. The molecular formula is C41H62N8O9. The Balaban J connectivity index is 1.81. The van der Waals surface area contributed by atoms with Gasteiger partial charge in [-0.05, 0) is 42.4 Å². The SMILES string of the molecule is CCCCCNC(=O)[C@H](N)CCCNC(=O)[C@@H](Cc1ccc(-c2ccccc2)cc1)NC(C=O)N1CCN(CC(=O)O)CCN(CC(=O)O)CCN(CC(=O)O)CC1. The van der Waals surface area contributed by atoms with Crippen LogP contribution >= 0.6 is 0 Å². The number of amides is 2. The molecule has 1 aliphatic heterocycles. The van der Waals surface area contributed by atoms with Crippen LogP contribution in [0.25, 0.3) is 11.1 Å². The van der Waals surface area contributed by atoms with E-state index < -0.39 is 36.2 Å². The number of hydrogen-bond acceptors (Lipinski definition) is 12. The Morgan fingerprint density at radius 2 is 1.16 bits per heavy atom. The lowest BCUT2D eigenvalue weighted by Crippen LogP contribution is -2.58. The van der Waals surface area contributed by atoms with Crippen molar-refractivity contribution in [3.63, 3.8) is 0 Å². The zero-order valence-electron chi connectivity index (χ0n) is 33.6. The maximum atomic E-state index is 13.9. The topological polar surface area (TPSA) is 238 Å². The minimum Gasteiger partial charge on any atom is -0.480 e. The minimum atomic E-state index is -1.07. The van der Waals surface area contributed by atoms with Crippen molar-refractivity contribution in [3.8, 4) is 11.1 Å². The summed E-state index contributed by atoms with van der Waals surface area (Å²) < 4.78 is 0. The van der Waals surface area contributed by atoms with Crippen LogP contribution in [0.15, 0.2) is 54.6 Å². The van der Waals surface area contributed by atoms with Gasteiger partial charge in [-0.25, -0.2) is 0 Å². The Bertz CT molecular complexity index is 1550. The molecule has 2 aromatic rings. The van der Waals surface area contributed by atoms with Gasteiger partial charge in [0.2, 0.25) is 11.8 Å². The summed E-state index contributed by atoms with van der Waals surface area (Å²) in [5, 5.41) is 37.8. The largest absolute Gasteiger partial charge is 0.480 e. The van der Waals surface area contributed by atoms with Gasteiger partial charge in [-0.1, -0.05) is 74.4 Å². The third kappa shape index (κ3) is 18.2. The van der Waals surface area contributed by atoms with Crippen LogP contribution < -0.4 is 21.7 Å². The zero-order valence-corrected chi connectivity index (χ0v) is 33.6. The second-order valence-corrected chi connectivity index (χ2v) is 14.7. The number of unbranched alkanes of at least 4 members (excludes halogenated alkanes) is 2. The van der Waals surface area contributed by atoms with Gasteiger partial charge in [0.05, 0.1) is 31.7 Å². The summed E-state index contributed by atoms with van der Waals surface area (Å²) in [5.41, 5.74) is 8.98. The van der Waals surface area contributed by atoms with Gasteiger partial charge in [-0.3, -0.25) is 48.9 Å². The molecule has 0 radical (unpaired) electrons. The Labute approximate surface area is 340 Å². The number of carbonyl (C=O) groups is 6. The molecule has 0 aliphatic carbocycles. The van der Waals surface area contributed by atoms with Gasteiger partial charge in [0.25, 0.3) is 0 Å². The molecule has 0 aromatic heterocycles. The van der Waals surface area contributed by atoms with E-state index in [1.807, 2.05) is 54.6 Å². The van der Waals surface area contributed by atoms with Gasteiger partial charge in [0, 0.05) is 65.4 Å². The number of carboxylic acids is 3. The van der Waals surface area contributed by atoms with Crippen LogP contribution in [0.4, 0.5) is 0 Å². The van der Waals surface area contributed by atoms with Gasteiger partial charge >= 0.3 is 17.9 Å². The third-order valence-corrected chi connectivity index (χ3v) is 10.1. The molecule has 8 N–H and O–H groups in total. The molecule has 1 unspecified atom stereocenters. The maximum Gasteiger partial charge on any atom is 0.317 e. The molecule has 2 aromatic carbocycles. The van der Waals surface area contributed by atoms with Crippen LogP contribution in [0.1, 0.15) is 44.6 Å². The molecule has 1 aliphatic rings. The predicted octanol–water partition coefficient (Wildman–Crippen LogP) is 0.385. The lowest BCUT2D eigenvalue weighted by Gasteiger charge is -2.36. The quantitative estimate of drug-likeness (QED) is 0.0594. The number of rotatable bonds is 23. The highest BCUT2D eigenvalue weighted by molar-refractivity contribution is 5.83. The van der Waals surface area contributed by atoms with Crippen molar-refractivity contribution >= 4 is 36.0 Å². The van der Waals surface area contributed by atoms with Crippen molar-refractivity contribution in [2.24, 2.45) is 5.73 Å². The standard InChI is InChI=1S/C41H62N8O9/c1-2-3-7-16-43-40(57)34(42)11-8-17-44-41(58)35(26-31-12-14-33(15-13-31)32-9-5-4-6-10-32)45-36(30-50)49-24-22-47(28-38(53)54)20-18-46(27-37(51)52)19-21-48(23-25-49)29-39(55)56/h4-6,9-10,12-15,30,34-36,45H,2-3,7-8,11,16-29,42H2,1H3,(H,43,57)(H,44,58)(H,51,52)(H,53,54)(H,55,56)/t34-,35-,36?/m1/s1. The van der Waals surface area contributed by atoms with Crippen LogP contribution in [0, 0.1) is 0 Å². The van der Waals surface area contributed by atoms with Crippen molar-refractivity contribution in [2.45, 2.75) is 63.7 Å². The van der Waals surface area contributed by atoms with E-state index in [9.17, 15) is 44.1 Å². The van der Waals surface area contributed by atoms with E-state index in [2.05, 4.69) is 22.9 Å². The van der Waals surface area contributed by atoms with Gasteiger partial charge in [-0.2, -0.15) is 0 Å². The summed E-state index contributed by atoms with van der Waals surface area (Å²) in [5.74, 6) is -3.79. The fourth-order valence-corrected chi connectivity index (χ4v) is 6.75. The van der Waals surface area contributed by atoms with E-state index in [1.165, 1.54) is 0 Å². The van der Waals surface area contributed by atoms with Crippen LogP contribution in [0.2, 0.25) is 0 Å². The van der Waals surface area contributed by atoms with Crippen LogP contribution in [-0.4, -0.2) is 174 Å². The molecule has 17 nitrogen and oxygen atoms in total.